The zero-order chi connectivity index (χ0) is 12.8. The van der Waals surface area contributed by atoms with Gasteiger partial charge in [0.2, 0.25) is 0 Å². The lowest BCUT2D eigenvalue weighted by Gasteiger charge is -2.03. The van der Waals surface area contributed by atoms with Crippen LogP contribution in [0.3, 0.4) is 0 Å². The van der Waals surface area contributed by atoms with E-state index in [2.05, 4.69) is 48.5 Å². The Morgan fingerprint density at radius 3 is 2.17 bits per heavy atom. The first-order valence-electron chi connectivity index (χ1n) is 6.25. The monoisotopic (exact) mass is 238 g/mol. The fourth-order valence-electron chi connectivity index (χ4n) is 1.86. The quantitative estimate of drug-likeness (QED) is 0.802. The van der Waals surface area contributed by atoms with Crippen LogP contribution in [-0.2, 0) is 6.42 Å². The van der Waals surface area contributed by atoms with Crippen molar-refractivity contribution >= 4 is 0 Å². The van der Waals surface area contributed by atoms with E-state index in [1.165, 1.54) is 16.7 Å². The molecule has 0 spiro atoms. The van der Waals surface area contributed by atoms with Crippen molar-refractivity contribution in [2.75, 3.05) is 0 Å². The first-order valence-corrected chi connectivity index (χ1v) is 6.25. The van der Waals surface area contributed by atoms with E-state index in [9.17, 15) is 0 Å². The molecule has 1 nitrogen and oxygen atoms in total. The molecule has 2 rings (SSSR count). The number of benzene rings is 2. The molecule has 1 atom stereocenters. The molecule has 0 aliphatic carbocycles. The maximum atomic E-state index is 9.14. The van der Waals surface area contributed by atoms with E-state index in [1.807, 2.05) is 18.2 Å². The SMILES string of the molecule is CC(O)/C=C/Cc1ccc(-c2ccccc2)cc1. The van der Waals surface area contributed by atoms with Gasteiger partial charge < -0.3 is 5.11 Å². The number of hydrogen-bond donors (Lipinski definition) is 1. The van der Waals surface area contributed by atoms with Crippen LogP contribution in [0.5, 0.6) is 0 Å². The van der Waals surface area contributed by atoms with Gasteiger partial charge in [-0.2, -0.15) is 0 Å². The fraction of sp³-hybridized carbons (Fsp3) is 0.176. The van der Waals surface area contributed by atoms with Gasteiger partial charge in [0.1, 0.15) is 0 Å². The summed E-state index contributed by atoms with van der Waals surface area (Å²) in [5.41, 5.74) is 3.73. The van der Waals surface area contributed by atoms with Crippen molar-refractivity contribution in [3.63, 3.8) is 0 Å². The Balaban J connectivity index is 2.06. The minimum atomic E-state index is -0.367. The maximum Gasteiger partial charge on any atom is 0.0692 e. The summed E-state index contributed by atoms with van der Waals surface area (Å²) in [6, 6.07) is 18.9. The third kappa shape index (κ3) is 3.57. The molecule has 92 valence electrons. The molecule has 2 aromatic carbocycles. The zero-order valence-electron chi connectivity index (χ0n) is 10.6. The molecular weight excluding hydrogens is 220 g/mol. The summed E-state index contributed by atoms with van der Waals surface area (Å²) in [6.45, 7) is 1.76. The van der Waals surface area contributed by atoms with Crippen LogP contribution in [-0.4, -0.2) is 11.2 Å². The van der Waals surface area contributed by atoms with Gasteiger partial charge in [-0.1, -0.05) is 66.7 Å². The highest BCUT2D eigenvalue weighted by molar-refractivity contribution is 5.63. The van der Waals surface area contributed by atoms with Crippen molar-refractivity contribution in [1.29, 1.82) is 0 Å². The first kappa shape index (κ1) is 12.6. The largest absolute Gasteiger partial charge is 0.389 e. The van der Waals surface area contributed by atoms with E-state index < -0.39 is 0 Å². The van der Waals surface area contributed by atoms with Gasteiger partial charge in [0.05, 0.1) is 6.10 Å². The van der Waals surface area contributed by atoms with Gasteiger partial charge in [0.15, 0.2) is 0 Å². The lowest BCUT2D eigenvalue weighted by atomic mass is 10.0. The highest BCUT2D eigenvalue weighted by Crippen LogP contribution is 2.19. The Kier molecular flexibility index (Phi) is 4.32. The number of hydrogen-bond acceptors (Lipinski definition) is 1. The molecular formula is C17H18O. The van der Waals surface area contributed by atoms with Crippen LogP contribution in [0, 0.1) is 0 Å². The minimum absolute atomic E-state index is 0.367. The molecule has 0 aromatic heterocycles. The van der Waals surface area contributed by atoms with Crippen molar-refractivity contribution in [3.05, 3.63) is 72.3 Å². The van der Waals surface area contributed by atoms with Crippen molar-refractivity contribution in [2.24, 2.45) is 0 Å². The van der Waals surface area contributed by atoms with Gasteiger partial charge in [-0.25, -0.2) is 0 Å². The van der Waals surface area contributed by atoms with Crippen LogP contribution >= 0.6 is 0 Å². The van der Waals surface area contributed by atoms with Gasteiger partial charge >= 0.3 is 0 Å². The van der Waals surface area contributed by atoms with Gasteiger partial charge in [-0.3, -0.25) is 0 Å². The Morgan fingerprint density at radius 1 is 0.944 bits per heavy atom. The molecule has 0 saturated carbocycles. The molecule has 2 aromatic rings. The minimum Gasteiger partial charge on any atom is -0.389 e. The van der Waals surface area contributed by atoms with Crippen molar-refractivity contribution in [2.45, 2.75) is 19.4 Å². The van der Waals surface area contributed by atoms with Gasteiger partial charge in [0, 0.05) is 0 Å². The molecule has 0 aliphatic rings. The zero-order valence-corrected chi connectivity index (χ0v) is 10.6. The van der Waals surface area contributed by atoms with E-state index in [1.54, 1.807) is 6.92 Å². The van der Waals surface area contributed by atoms with Crippen molar-refractivity contribution < 1.29 is 5.11 Å². The van der Waals surface area contributed by atoms with Crippen LogP contribution in [0.4, 0.5) is 0 Å². The molecule has 0 saturated heterocycles. The molecule has 0 bridgehead atoms. The molecule has 1 unspecified atom stereocenters. The molecule has 18 heavy (non-hydrogen) atoms. The number of aliphatic hydroxyl groups excluding tert-OH is 1. The van der Waals surface area contributed by atoms with Crippen LogP contribution in [0.15, 0.2) is 66.7 Å². The van der Waals surface area contributed by atoms with Crippen molar-refractivity contribution in [1.82, 2.24) is 0 Å². The molecule has 0 aliphatic heterocycles. The summed E-state index contributed by atoms with van der Waals surface area (Å²) in [4.78, 5) is 0. The second-order valence-electron chi connectivity index (χ2n) is 4.44. The Labute approximate surface area is 108 Å². The molecule has 0 amide bonds. The van der Waals surface area contributed by atoms with E-state index in [0.29, 0.717) is 0 Å². The predicted octanol–water partition coefficient (Wildman–Crippen LogP) is 3.83. The molecule has 0 fully saturated rings. The second kappa shape index (κ2) is 6.18. The summed E-state index contributed by atoms with van der Waals surface area (Å²) in [5.74, 6) is 0. The lowest BCUT2D eigenvalue weighted by molar-refractivity contribution is 0.244. The van der Waals surface area contributed by atoms with E-state index in [0.717, 1.165) is 6.42 Å². The predicted molar refractivity (Wildman–Crippen MR) is 76.4 cm³/mol. The van der Waals surface area contributed by atoms with Crippen LogP contribution in [0.1, 0.15) is 12.5 Å². The van der Waals surface area contributed by atoms with E-state index in [-0.39, 0.29) is 6.10 Å². The highest BCUT2D eigenvalue weighted by Gasteiger charge is 1.96. The van der Waals surface area contributed by atoms with Crippen LogP contribution < -0.4 is 0 Å². The highest BCUT2D eigenvalue weighted by atomic mass is 16.3. The Hall–Kier alpha value is -1.86. The average Bonchev–Trinajstić information content (AvgIpc) is 2.40. The molecule has 1 N–H and O–H groups in total. The summed E-state index contributed by atoms with van der Waals surface area (Å²) < 4.78 is 0. The molecule has 0 heterocycles. The van der Waals surface area contributed by atoms with Gasteiger partial charge in [0.25, 0.3) is 0 Å². The second-order valence-corrected chi connectivity index (χ2v) is 4.44. The number of allylic oxidation sites excluding steroid dienone is 1. The third-order valence-corrected chi connectivity index (χ3v) is 2.83. The molecule has 0 radical (unpaired) electrons. The summed E-state index contributed by atoms with van der Waals surface area (Å²) >= 11 is 0. The Morgan fingerprint density at radius 2 is 1.56 bits per heavy atom. The Bertz CT molecular complexity index is 495. The number of aliphatic hydroxyl groups is 1. The van der Waals surface area contributed by atoms with E-state index >= 15 is 0 Å². The van der Waals surface area contributed by atoms with Crippen LogP contribution in [0.25, 0.3) is 11.1 Å². The summed E-state index contributed by atoms with van der Waals surface area (Å²) in [6.07, 6.45) is 4.31. The van der Waals surface area contributed by atoms with Crippen molar-refractivity contribution in [3.8, 4) is 11.1 Å². The van der Waals surface area contributed by atoms with Gasteiger partial charge in [-0.05, 0) is 30.0 Å². The maximum absolute atomic E-state index is 9.14. The fourth-order valence-corrected chi connectivity index (χ4v) is 1.86. The average molecular weight is 238 g/mol. The molecule has 1 heteroatoms. The first-order chi connectivity index (χ1) is 8.75. The lowest BCUT2D eigenvalue weighted by Crippen LogP contribution is -1.92. The standard InChI is InChI=1S/C17H18O/c1-14(18)6-5-7-15-10-12-17(13-11-15)16-8-3-2-4-9-16/h2-6,8-14,18H,7H2,1H3/b6-5+. The van der Waals surface area contributed by atoms with E-state index in [4.69, 9.17) is 5.11 Å². The normalized spacial score (nSPS) is 12.8. The van der Waals surface area contributed by atoms with Crippen LogP contribution in [0.2, 0.25) is 0 Å². The van der Waals surface area contributed by atoms with Gasteiger partial charge in [-0.15, -0.1) is 0 Å². The third-order valence-electron chi connectivity index (χ3n) is 2.83. The summed E-state index contributed by atoms with van der Waals surface area (Å²) in [7, 11) is 0. The summed E-state index contributed by atoms with van der Waals surface area (Å²) in [5, 5.41) is 9.14. The topological polar surface area (TPSA) is 20.2 Å². The smallest absolute Gasteiger partial charge is 0.0692 e. The number of rotatable bonds is 4.